The lowest BCUT2D eigenvalue weighted by molar-refractivity contribution is 0.0904. The summed E-state index contributed by atoms with van der Waals surface area (Å²) in [5.41, 5.74) is 9.17. The van der Waals surface area contributed by atoms with Gasteiger partial charge in [0.05, 0.1) is 5.52 Å². The maximum absolute atomic E-state index is 5.99. The molecule has 122 valence electrons. The molecular formula is C18H19N5O. The fourth-order valence-corrected chi connectivity index (χ4v) is 2.94. The van der Waals surface area contributed by atoms with Crippen LogP contribution in [-0.2, 0) is 4.74 Å². The van der Waals surface area contributed by atoms with Gasteiger partial charge >= 0.3 is 0 Å². The van der Waals surface area contributed by atoms with Gasteiger partial charge in [-0.3, -0.25) is 0 Å². The number of ether oxygens (including phenoxy) is 1. The second kappa shape index (κ2) is 6.41. The van der Waals surface area contributed by atoms with Crippen molar-refractivity contribution < 1.29 is 4.74 Å². The Labute approximate surface area is 140 Å². The van der Waals surface area contributed by atoms with E-state index in [1.807, 2.05) is 36.4 Å². The summed E-state index contributed by atoms with van der Waals surface area (Å²) in [6.45, 7) is 1.55. The Bertz CT molecular complexity index is 847. The molecule has 4 rings (SSSR count). The summed E-state index contributed by atoms with van der Waals surface area (Å²) in [5, 5.41) is 3.54. The van der Waals surface area contributed by atoms with Crippen molar-refractivity contribution in [2.45, 2.75) is 18.9 Å². The van der Waals surface area contributed by atoms with E-state index < -0.39 is 0 Å². The smallest absolute Gasteiger partial charge is 0.153 e. The van der Waals surface area contributed by atoms with Crippen molar-refractivity contribution in [2.24, 2.45) is 0 Å². The van der Waals surface area contributed by atoms with Crippen LogP contribution in [0.15, 0.2) is 42.6 Å². The second-order valence-electron chi connectivity index (χ2n) is 5.88. The number of fused-ring (bicyclic) bond motifs is 1. The first-order valence-corrected chi connectivity index (χ1v) is 8.13. The third kappa shape index (κ3) is 2.88. The number of pyridine rings is 1. The van der Waals surface area contributed by atoms with E-state index in [0.29, 0.717) is 17.4 Å². The highest BCUT2D eigenvalue weighted by Gasteiger charge is 2.18. The van der Waals surface area contributed by atoms with Gasteiger partial charge in [0.2, 0.25) is 0 Å². The predicted molar refractivity (Wildman–Crippen MR) is 94.6 cm³/mol. The molecule has 0 aliphatic carbocycles. The third-order valence-electron chi connectivity index (χ3n) is 4.22. The zero-order valence-corrected chi connectivity index (χ0v) is 13.3. The van der Waals surface area contributed by atoms with Crippen molar-refractivity contribution in [1.29, 1.82) is 0 Å². The van der Waals surface area contributed by atoms with E-state index in [4.69, 9.17) is 20.4 Å². The van der Waals surface area contributed by atoms with Gasteiger partial charge in [0, 0.05) is 31.0 Å². The summed E-state index contributed by atoms with van der Waals surface area (Å²) in [4.78, 5) is 13.7. The minimum absolute atomic E-state index is 0.340. The largest absolute Gasteiger partial charge is 0.382 e. The molecule has 3 heterocycles. The van der Waals surface area contributed by atoms with Crippen LogP contribution in [0.1, 0.15) is 12.8 Å². The fourth-order valence-electron chi connectivity index (χ4n) is 2.94. The average molecular weight is 321 g/mol. The summed E-state index contributed by atoms with van der Waals surface area (Å²) >= 11 is 0. The number of nitrogens with two attached hydrogens (primary N) is 1. The van der Waals surface area contributed by atoms with Gasteiger partial charge in [0.1, 0.15) is 11.2 Å². The molecule has 0 amide bonds. The number of nitrogens with one attached hydrogen (secondary N) is 1. The highest BCUT2D eigenvalue weighted by Crippen LogP contribution is 2.29. The Hall–Kier alpha value is -2.73. The summed E-state index contributed by atoms with van der Waals surface area (Å²) < 4.78 is 5.44. The lowest BCUT2D eigenvalue weighted by Gasteiger charge is -2.24. The minimum Gasteiger partial charge on any atom is -0.382 e. The van der Waals surface area contributed by atoms with Crippen LogP contribution in [0.25, 0.3) is 22.3 Å². The SMILES string of the molecule is Nc1nccc2nc(NC3CCOCC3)c(-c3ccccc3)nc12. The second-order valence-corrected chi connectivity index (χ2v) is 5.88. The van der Waals surface area contributed by atoms with E-state index >= 15 is 0 Å². The number of aromatic nitrogens is 3. The van der Waals surface area contributed by atoms with E-state index in [9.17, 15) is 0 Å². The fraction of sp³-hybridized carbons (Fsp3) is 0.278. The van der Waals surface area contributed by atoms with E-state index in [0.717, 1.165) is 48.6 Å². The topological polar surface area (TPSA) is 86.0 Å². The molecule has 0 atom stereocenters. The van der Waals surface area contributed by atoms with Crippen molar-refractivity contribution in [2.75, 3.05) is 24.3 Å². The van der Waals surface area contributed by atoms with Gasteiger partial charge in [-0.1, -0.05) is 30.3 Å². The minimum atomic E-state index is 0.340. The van der Waals surface area contributed by atoms with Crippen molar-refractivity contribution >= 4 is 22.7 Å². The molecule has 1 fully saturated rings. The molecule has 6 heteroatoms. The van der Waals surface area contributed by atoms with E-state index in [-0.39, 0.29) is 0 Å². The molecule has 24 heavy (non-hydrogen) atoms. The van der Waals surface area contributed by atoms with Gasteiger partial charge in [-0.2, -0.15) is 0 Å². The van der Waals surface area contributed by atoms with Crippen LogP contribution in [0.4, 0.5) is 11.6 Å². The molecule has 1 saturated heterocycles. The van der Waals surface area contributed by atoms with E-state index in [2.05, 4.69) is 10.3 Å². The molecule has 2 aromatic heterocycles. The monoisotopic (exact) mass is 321 g/mol. The molecule has 1 aliphatic rings. The lowest BCUT2D eigenvalue weighted by atomic mass is 10.1. The van der Waals surface area contributed by atoms with Crippen molar-refractivity contribution in [1.82, 2.24) is 15.0 Å². The Morgan fingerprint density at radius 3 is 2.62 bits per heavy atom. The van der Waals surface area contributed by atoms with E-state index in [1.165, 1.54) is 0 Å². The first-order valence-electron chi connectivity index (χ1n) is 8.13. The first-order chi connectivity index (χ1) is 11.8. The van der Waals surface area contributed by atoms with Crippen LogP contribution in [0.2, 0.25) is 0 Å². The molecule has 0 radical (unpaired) electrons. The van der Waals surface area contributed by atoms with Crippen LogP contribution in [-0.4, -0.2) is 34.2 Å². The van der Waals surface area contributed by atoms with Crippen LogP contribution >= 0.6 is 0 Å². The number of hydrogen-bond acceptors (Lipinski definition) is 6. The van der Waals surface area contributed by atoms with Crippen LogP contribution in [0, 0.1) is 0 Å². The van der Waals surface area contributed by atoms with Gasteiger partial charge in [0.25, 0.3) is 0 Å². The zero-order valence-electron chi connectivity index (χ0n) is 13.3. The molecule has 1 aromatic carbocycles. The number of nitrogen functional groups attached to an aromatic ring is 1. The van der Waals surface area contributed by atoms with E-state index in [1.54, 1.807) is 6.20 Å². The number of hydrogen-bond donors (Lipinski definition) is 2. The Balaban J connectivity index is 1.82. The molecule has 6 nitrogen and oxygen atoms in total. The summed E-state index contributed by atoms with van der Waals surface area (Å²) in [6, 6.07) is 12.2. The molecule has 1 aliphatic heterocycles. The normalized spacial score (nSPS) is 15.5. The highest BCUT2D eigenvalue weighted by molar-refractivity contribution is 5.89. The van der Waals surface area contributed by atoms with Crippen LogP contribution in [0.5, 0.6) is 0 Å². The Morgan fingerprint density at radius 2 is 1.83 bits per heavy atom. The summed E-state index contributed by atoms with van der Waals surface area (Å²) in [6.07, 6.45) is 3.59. The molecule has 0 saturated carbocycles. The van der Waals surface area contributed by atoms with Crippen molar-refractivity contribution in [3.63, 3.8) is 0 Å². The zero-order chi connectivity index (χ0) is 16.4. The molecule has 0 unspecified atom stereocenters. The van der Waals surface area contributed by atoms with Gasteiger partial charge in [-0.25, -0.2) is 15.0 Å². The lowest BCUT2D eigenvalue weighted by Crippen LogP contribution is -2.28. The van der Waals surface area contributed by atoms with Gasteiger partial charge in [-0.15, -0.1) is 0 Å². The van der Waals surface area contributed by atoms with Crippen molar-refractivity contribution in [3.8, 4) is 11.3 Å². The number of anilines is 2. The van der Waals surface area contributed by atoms with Crippen LogP contribution < -0.4 is 11.1 Å². The van der Waals surface area contributed by atoms with Gasteiger partial charge in [0.15, 0.2) is 11.6 Å². The van der Waals surface area contributed by atoms with Gasteiger partial charge in [-0.05, 0) is 18.9 Å². The summed E-state index contributed by atoms with van der Waals surface area (Å²) in [7, 11) is 0. The predicted octanol–water partition coefficient (Wildman–Crippen LogP) is 2.86. The standard InChI is InChI=1S/C18H19N5O/c19-17-16-14(6-9-20-17)22-18(21-13-7-10-24-11-8-13)15(23-16)12-4-2-1-3-5-12/h1-6,9,13H,7-8,10-11H2,(H2,19,20)(H,21,22). The molecule has 0 spiro atoms. The molecule has 3 aromatic rings. The quantitative estimate of drug-likeness (QED) is 0.771. The Morgan fingerprint density at radius 1 is 1.04 bits per heavy atom. The maximum Gasteiger partial charge on any atom is 0.153 e. The number of nitrogens with zero attached hydrogens (tertiary/aromatic N) is 3. The van der Waals surface area contributed by atoms with Gasteiger partial charge < -0.3 is 15.8 Å². The first kappa shape index (κ1) is 14.8. The molecule has 0 bridgehead atoms. The number of rotatable bonds is 3. The average Bonchev–Trinajstić information content (AvgIpc) is 2.63. The molecule has 3 N–H and O–H groups in total. The van der Waals surface area contributed by atoms with Crippen LogP contribution in [0.3, 0.4) is 0 Å². The molecular weight excluding hydrogens is 302 g/mol. The third-order valence-corrected chi connectivity index (χ3v) is 4.22. The number of benzene rings is 1. The summed E-state index contributed by atoms with van der Waals surface area (Å²) in [5.74, 6) is 1.18. The van der Waals surface area contributed by atoms with Crippen molar-refractivity contribution in [3.05, 3.63) is 42.6 Å². The maximum atomic E-state index is 5.99. The highest BCUT2D eigenvalue weighted by atomic mass is 16.5. The Kier molecular flexibility index (Phi) is 3.96.